The molecule has 1 aromatic heterocycles. The van der Waals surface area contributed by atoms with Crippen LogP contribution in [-0.4, -0.2) is 7.05 Å². The number of hydrogen-bond acceptors (Lipinski definition) is 2. The van der Waals surface area contributed by atoms with E-state index >= 15 is 0 Å². The fourth-order valence-electron chi connectivity index (χ4n) is 2.26. The number of rotatable bonds is 3. The van der Waals surface area contributed by atoms with Crippen LogP contribution in [0, 0.1) is 6.92 Å². The summed E-state index contributed by atoms with van der Waals surface area (Å²) >= 11 is 5.63. The fourth-order valence-corrected chi connectivity index (χ4v) is 3.94. The molecule has 3 heteroatoms. The topological polar surface area (TPSA) is 12.0 Å². The van der Waals surface area contributed by atoms with Crippen LogP contribution in [0.1, 0.15) is 47.7 Å². The lowest BCUT2D eigenvalue weighted by atomic mass is 9.95. The molecule has 0 fully saturated rings. The highest BCUT2D eigenvalue weighted by Gasteiger charge is 2.21. The van der Waals surface area contributed by atoms with Crippen LogP contribution in [0.3, 0.4) is 0 Å². The molecular weight excluding hydrogens is 330 g/mol. The molecule has 0 radical (unpaired) electrons. The third-order valence-electron chi connectivity index (χ3n) is 3.47. The van der Waals surface area contributed by atoms with Gasteiger partial charge in [0.1, 0.15) is 0 Å². The molecule has 108 valence electrons. The minimum Gasteiger partial charge on any atom is -0.309 e. The third kappa shape index (κ3) is 3.16. The van der Waals surface area contributed by atoms with Gasteiger partial charge in [-0.25, -0.2) is 0 Å². The van der Waals surface area contributed by atoms with E-state index < -0.39 is 0 Å². The molecule has 1 aromatic carbocycles. The van der Waals surface area contributed by atoms with Gasteiger partial charge in [-0.1, -0.05) is 54.9 Å². The standard InChI is InChI=1S/C17H22BrNS/c1-11-7-6-8-12(15(11)18)16(19-5)13-9-10-14(20-13)17(2,3)4/h6-10,16,19H,1-5H3. The Balaban J connectivity index is 2.43. The first-order valence-corrected chi connectivity index (χ1v) is 8.48. The van der Waals surface area contributed by atoms with Crippen molar-refractivity contribution in [3.05, 3.63) is 55.7 Å². The monoisotopic (exact) mass is 351 g/mol. The Hall–Kier alpha value is -0.640. The van der Waals surface area contributed by atoms with Crippen LogP contribution in [-0.2, 0) is 5.41 Å². The van der Waals surface area contributed by atoms with E-state index in [4.69, 9.17) is 0 Å². The van der Waals surface area contributed by atoms with Gasteiger partial charge < -0.3 is 5.32 Å². The molecule has 0 amide bonds. The van der Waals surface area contributed by atoms with Gasteiger partial charge in [-0.15, -0.1) is 11.3 Å². The molecule has 0 saturated carbocycles. The quantitative estimate of drug-likeness (QED) is 0.777. The Morgan fingerprint density at radius 1 is 1.15 bits per heavy atom. The lowest BCUT2D eigenvalue weighted by molar-refractivity contribution is 0.604. The molecule has 20 heavy (non-hydrogen) atoms. The summed E-state index contributed by atoms with van der Waals surface area (Å²) in [6, 6.07) is 11.2. The van der Waals surface area contributed by atoms with Gasteiger partial charge in [-0.05, 0) is 42.6 Å². The van der Waals surface area contributed by atoms with Crippen molar-refractivity contribution in [1.29, 1.82) is 0 Å². The van der Waals surface area contributed by atoms with Gasteiger partial charge in [0.05, 0.1) is 6.04 Å². The molecule has 1 unspecified atom stereocenters. The first-order valence-electron chi connectivity index (χ1n) is 6.87. The van der Waals surface area contributed by atoms with E-state index in [0.717, 1.165) is 0 Å². The summed E-state index contributed by atoms with van der Waals surface area (Å²) in [7, 11) is 2.02. The second-order valence-corrected chi connectivity index (χ2v) is 8.06. The zero-order valence-corrected chi connectivity index (χ0v) is 15.2. The average molecular weight is 352 g/mol. The van der Waals surface area contributed by atoms with Crippen LogP contribution in [0.2, 0.25) is 0 Å². The molecule has 0 aliphatic carbocycles. The number of benzene rings is 1. The van der Waals surface area contributed by atoms with Gasteiger partial charge in [0.2, 0.25) is 0 Å². The summed E-state index contributed by atoms with van der Waals surface area (Å²) in [6.45, 7) is 8.92. The van der Waals surface area contributed by atoms with E-state index in [1.54, 1.807) is 0 Å². The largest absolute Gasteiger partial charge is 0.309 e. The number of nitrogens with one attached hydrogen (secondary N) is 1. The summed E-state index contributed by atoms with van der Waals surface area (Å²) in [5, 5.41) is 3.45. The van der Waals surface area contributed by atoms with E-state index in [0.29, 0.717) is 0 Å². The Labute approximate surface area is 134 Å². The lowest BCUT2D eigenvalue weighted by Gasteiger charge is -2.19. The number of aryl methyl sites for hydroxylation is 1. The molecule has 0 saturated heterocycles. The summed E-state index contributed by atoms with van der Waals surface area (Å²) in [6.07, 6.45) is 0. The molecule has 1 atom stereocenters. The highest BCUT2D eigenvalue weighted by atomic mass is 79.9. The normalized spacial score (nSPS) is 13.5. The van der Waals surface area contributed by atoms with E-state index in [9.17, 15) is 0 Å². The van der Waals surface area contributed by atoms with Crippen LogP contribution in [0.4, 0.5) is 0 Å². The van der Waals surface area contributed by atoms with Gasteiger partial charge in [0.25, 0.3) is 0 Å². The summed E-state index contributed by atoms with van der Waals surface area (Å²) in [5.41, 5.74) is 2.79. The smallest absolute Gasteiger partial charge is 0.0679 e. The predicted octanol–water partition coefficient (Wildman–Crippen LogP) is 5.43. The number of halogens is 1. The first kappa shape index (κ1) is 15.7. The minimum atomic E-state index is 0.213. The molecule has 0 aliphatic rings. The van der Waals surface area contributed by atoms with Crippen LogP contribution < -0.4 is 5.32 Å². The molecule has 1 nitrogen and oxygen atoms in total. The number of hydrogen-bond donors (Lipinski definition) is 1. The summed E-state index contributed by atoms with van der Waals surface area (Å²) in [4.78, 5) is 2.79. The Morgan fingerprint density at radius 3 is 2.40 bits per heavy atom. The Bertz CT molecular complexity index is 595. The lowest BCUT2D eigenvalue weighted by Crippen LogP contribution is -2.17. The molecule has 2 rings (SSSR count). The molecular formula is C17H22BrNS. The van der Waals surface area contributed by atoms with Crippen molar-refractivity contribution in [2.75, 3.05) is 7.05 Å². The van der Waals surface area contributed by atoms with E-state index in [-0.39, 0.29) is 11.5 Å². The van der Waals surface area contributed by atoms with E-state index in [1.807, 2.05) is 18.4 Å². The Kier molecular flexibility index (Phi) is 4.73. The first-order chi connectivity index (χ1) is 9.34. The highest BCUT2D eigenvalue weighted by molar-refractivity contribution is 9.10. The van der Waals surface area contributed by atoms with Gasteiger partial charge in [0.15, 0.2) is 0 Å². The molecule has 0 spiro atoms. The predicted molar refractivity (Wildman–Crippen MR) is 92.8 cm³/mol. The molecule has 0 bridgehead atoms. The van der Waals surface area contributed by atoms with Crippen molar-refractivity contribution in [3.63, 3.8) is 0 Å². The SMILES string of the molecule is CNC(c1ccc(C(C)(C)C)s1)c1cccc(C)c1Br. The third-order valence-corrected chi connectivity index (χ3v) is 6.13. The van der Waals surface area contributed by atoms with E-state index in [2.05, 4.69) is 79.3 Å². The van der Waals surface area contributed by atoms with Gasteiger partial charge in [-0.2, -0.15) is 0 Å². The van der Waals surface area contributed by atoms with Crippen molar-refractivity contribution in [2.45, 2.75) is 39.2 Å². The maximum absolute atomic E-state index is 3.73. The van der Waals surface area contributed by atoms with Crippen molar-refractivity contribution >= 4 is 27.3 Å². The van der Waals surface area contributed by atoms with Crippen molar-refractivity contribution in [1.82, 2.24) is 5.32 Å². The zero-order valence-electron chi connectivity index (χ0n) is 12.8. The second kappa shape index (κ2) is 6.00. The minimum absolute atomic E-state index is 0.213. The van der Waals surface area contributed by atoms with Crippen molar-refractivity contribution < 1.29 is 0 Å². The highest BCUT2D eigenvalue weighted by Crippen LogP contribution is 2.37. The van der Waals surface area contributed by atoms with Gasteiger partial charge in [0, 0.05) is 14.2 Å². The van der Waals surface area contributed by atoms with Crippen molar-refractivity contribution in [3.8, 4) is 0 Å². The van der Waals surface area contributed by atoms with Gasteiger partial charge in [-0.3, -0.25) is 0 Å². The zero-order chi connectivity index (χ0) is 14.9. The van der Waals surface area contributed by atoms with Crippen LogP contribution in [0.5, 0.6) is 0 Å². The maximum atomic E-state index is 3.73. The Morgan fingerprint density at radius 2 is 1.85 bits per heavy atom. The summed E-state index contributed by atoms with van der Waals surface area (Å²) in [5.74, 6) is 0. The maximum Gasteiger partial charge on any atom is 0.0679 e. The van der Waals surface area contributed by atoms with E-state index in [1.165, 1.54) is 25.4 Å². The average Bonchev–Trinajstić information content (AvgIpc) is 2.85. The molecule has 2 aromatic rings. The molecule has 1 N–H and O–H groups in total. The molecule has 1 heterocycles. The van der Waals surface area contributed by atoms with Crippen LogP contribution in [0.25, 0.3) is 0 Å². The second-order valence-electron chi connectivity index (χ2n) is 6.15. The fraction of sp³-hybridized carbons (Fsp3) is 0.412. The van der Waals surface area contributed by atoms with Crippen LogP contribution in [0.15, 0.2) is 34.8 Å². The van der Waals surface area contributed by atoms with Gasteiger partial charge >= 0.3 is 0 Å². The van der Waals surface area contributed by atoms with Crippen LogP contribution >= 0.6 is 27.3 Å². The molecule has 0 aliphatic heterocycles. The summed E-state index contributed by atoms with van der Waals surface area (Å²) < 4.78 is 1.20. The van der Waals surface area contributed by atoms with Crippen molar-refractivity contribution in [2.24, 2.45) is 0 Å². The number of thiophene rings is 1.